The molecule has 0 heterocycles. The smallest absolute Gasteiger partial charge is 0.286 e. The van der Waals surface area contributed by atoms with Crippen LogP contribution in [-0.2, 0) is 23.7 Å². The van der Waals surface area contributed by atoms with Crippen LogP contribution >= 0.6 is 0 Å². The molecular formula is C10H22O5. The Morgan fingerprint density at radius 3 is 1.07 bits per heavy atom. The largest absolute Gasteiger partial charge is 0.331 e. The molecule has 0 bridgehead atoms. The fourth-order valence-corrected chi connectivity index (χ4v) is 1.29. The zero-order valence-corrected chi connectivity index (χ0v) is 10.5. The van der Waals surface area contributed by atoms with E-state index in [-0.39, 0.29) is 0 Å². The van der Waals surface area contributed by atoms with E-state index < -0.39 is 11.9 Å². The van der Waals surface area contributed by atoms with Gasteiger partial charge in [0.05, 0.1) is 0 Å². The lowest BCUT2D eigenvalue weighted by atomic mass is 10.3. The maximum atomic E-state index is 5.63. The van der Waals surface area contributed by atoms with Gasteiger partial charge in [-0.05, 0) is 0 Å². The van der Waals surface area contributed by atoms with Crippen molar-refractivity contribution in [1.82, 2.24) is 0 Å². The van der Waals surface area contributed by atoms with Crippen molar-refractivity contribution >= 4 is 0 Å². The summed E-state index contributed by atoms with van der Waals surface area (Å²) in [7, 11) is 6.05. The minimum atomic E-state index is -1.14. The molecule has 0 unspecified atom stereocenters. The zero-order chi connectivity index (χ0) is 11.9. The van der Waals surface area contributed by atoms with Gasteiger partial charge in [0.25, 0.3) is 11.9 Å². The molecule has 0 amide bonds. The number of hydrogen-bond donors (Lipinski definition) is 0. The average molecular weight is 222 g/mol. The molecule has 0 N–H and O–H groups in total. The average Bonchev–Trinajstić information content (AvgIpc) is 2.33. The van der Waals surface area contributed by atoms with Crippen molar-refractivity contribution in [1.29, 1.82) is 0 Å². The van der Waals surface area contributed by atoms with Crippen molar-refractivity contribution in [2.75, 3.05) is 28.4 Å². The molecule has 0 aliphatic heterocycles. The number of methoxy groups -OCH3 is 4. The molecule has 0 atom stereocenters. The Balaban J connectivity index is 4.74. The summed E-state index contributed by atoms with van der Waals surface area (Å²) in [6.07, 6.45) is 1.04. The van der Waals surface area contributed by atoms with Crippen molar-refractivity contribution in [3.63, 3.8) is 0 Å². The molecule has 0 saturated carbocycles. The highest BCUT2D eigenvalue weighted by atomic mass is 17.0. The fraction of sp³-hybridized carbons (Fsp3) is 1.00. The van der Waals surface area contributed by atoms with Gasteiger partial charge < -0.3 is 18.9 Å². The van der Waals surface area contributed by atoms with E-state index in [0.717, 1.165) is 0 Å². The highest BCUT2D eigenvalue weighted by molar-refractivity contribution is 4.60. The quantitative estimate of drug-likeness (QED) is 0.585. The summed E-state index contributed by atoms with van der Waals surface area (Å²) < 4.78 is 26.4. The lowest BCUT2D eigenvalue weighted by Crippen LogP contribution is -2.49. The topological polar surface area (TPSA) is 46.2 Å². The number of hydrogen-bond acceptors (Lipinski definition) is 5. The highest BCUT2D eigenvalue weighted by Crippen LogP contribution is 2.29. The van der Waals surface area contributed by atoms with Crippen LogP contribution in [0.5, 0.6) is 0 Å². The van der Waals surface area contributed by atoms with Crippen LogP contribution in [0.15, 0.2) is 0 Å². The summed E-state index contributed by atoms with van der Waals surface area (Å²) in [6.45, 7) is 3.78. The van der Waals surface area contributed by atoms with Crippen molar-refractivity contribution < 1.29 is 23.7 Å². The first kappa shape index (κ1) is 14.8. The van der Waals surface area contributed by atoms with E-state index in [9.17, 15) is 0 Å². The van der Waals surface area contributed by atoms with Gasteiger partial charge in [0, 0.05) is 41.3 Å². The summed E-state index contributed by atoms with van der Waals surface area (Å²) in [4.78, 5) is 0. The van der Waals surface area contributed by atoms with Crippen LogP contribution in [0.3, 0.4) is 0 Å². The summed E-state index contributed by atoms with van der Waals surface area (Å²) in [5, 5.41) is 0. The van der Waals surface area contributed by atoms with Gasteiger partial charge in [-0.3, -0.25) is 4.74 Å². The second-order valence-corrected chi connectivity index (χ2v) is 2.99. The molecule has 0 aromatic carbocycles. The molecule has 0 spiro atoms. The molecule has 0 rings (SSSR count). The van der Waals surface area contributed by atoms with E-state index >= 15 is 0 Å². The first-order valence-corrected chi connectivity index (χ1v) is 4.98. The van der Waals surface area contributed by atoms with Crippen molar-refractivity contribution in [2.45, 2.75) is 38.6 Å². The predicted molar refractivity (Wildman–Crippen MR) is 55.2 cm³/mol. The number of ether oxygens (including phenoxy) is 5. The van der Waals surface area contributed by atoms with E-state index in [2.05, 4.69) is 0 Å². The summed E-state index contributed by atoms with van der Waals surface area (Å²) in [5.41, 5.74) is 0. The number of rotatable bonds is 8. The molecule has 0 aliphatic carbocycles. The Kier molecular flexibility index (Phi) is 6.31. The molecule has 0 radical (unpaired) electrons. The molecule has 0 aliphatic rings. The van der Waals surface area contributed by atoms with Crippen LogP contribution in [0.2, 0.25) is 0 Å². The van der Waals surface area contributed by atoms with Gasteiger partial charge in [0.15, 0.2) is 0 Å². The molecule has 0 saturated heterocycles. The maximum Gasteiger partial charge on any atom is 0.286 e. The predicted octanol–water partition coefficient (Wildman–Crippen LogP) is 1.72. The molecule has 5 nitrogen and oxygen atoms in total. The molecule has 0 fully saturated rings. The van der Waals surface area contributed by atoms with E-state index in [1.165, 1.54) is 28.4 Å². The van der Waals surface area contributed by atoms with E-state index in [1.54, 1.807) is 0 Å². The summed E-state index contributed by atoms with van der Waals surface area (Å²) in [5.74, 6) is -2.27. The van der Waals surface area contributed by atoms with Gasteiger partial charge in [-0.25, -0.2) is 0 Å². The van der Waals surface area contributed by atoms with Gasteiger partial charge in [0.1, 0.15) is 0 Å². The van der Waals surface area contributed by atoms with Gasteiger partial charge in [-0.15, -0.1) is 0 Å². The molecule has 0 aromatic heterocycles. The van der Waals surface area contributed by atoms with Gasteiger partial charge in [0.2, 0.25) is 0 Å². The fourth-order valence-electron chi connectivity index (χ4n) is 1.29. The SMILES string of the molecule is CCC(OC)(OC)OC(CC)(OC)OC. The molecule has 0 aromatic rings. The Labute approximate surface area is 91.6 Å². The van der Waals surface area contributed by atoms with Gasteiger partial charge in [-0.1, -0.05) is 13.8 Å². The van der Waals surface area contributed by atoms with Gasteiger partial charge in [-0.2, -0.15) is 0 Å². The third-order valence-electron chi connectivity index (χ3n) is 2.42. The third-order valence-corrected chi connectivity index (χ3v) is 2.42. The third kappa shape index (κ3) is 3.39. The van der Waals surface area contributed by atoms with Crippen LogP contribution in [0.4, 0.5) is 0 Å². The lowest BCUT2D eigenvalue weighted by Gasteiger charge is -2.38. The summed E-state index contributed by atoms with van der Waals surface area (Å²) >= 11 is 0. The monoisotopic (exact) mass is 222 g/mol. The van der Waals surface area contributed by atoms with Crippen LogP contribution in [0.25, 0.3) is 0 Å². The maximum absolute atomic E-state index is 5.63. The normalized spacial score (nSPS) is 13.2. The first-order chi connectivity index (χ1) is 7.07. The zero-order valence-electron chi connectivity index (χ0n) is 10.5. The van der Waals surface area contributed by atoms with Crippen molar-refractivity contribution in [2.24, 2.45) is 0 Å². The van der Waals surface area contributed by atoms with Crippen LogP contribution in [0, 0.1) is 0 Å². The van der Waals surface area contributed by atoms with Crippen molar-refractivity contribution in [3.8, 4) is 0 Å². The lowest BCUT2D eigenvalue weighted by molar-refractivity contribution is -0.489. The Hall–Kier alpha value is -0.200. The van der Waals surface area contributed by atoms with Crippen LogP contribution in [-0.4, -0.2) is 40.4 Å². The molecular weight excluding hydrogens is 200 g/mol. The second-order valence-electron chi connectivity index (χ2n) is 2.99. The van der Waals surface area contributed by atoms with Crippen molar-refractivity contribution in [3.05, 3.63) is 0 Å². The summed E-state index contributed by atoms with van der Waals surface area (Å²) in [6, 6.07) is 0. The molecule has 15 heavy (non-hydrogen) atoms. The van der Waals surface area contributed by atoms with E-state index in [0.29, 0.717) is 12.8 Å². The molecule has 5 heteroatoms. The Morgan fingerprint density at radius 2 is 0.933 bits per heavy atom. The minimum Gasteiger partial charge on any atom is -0.331 e. The standard InChI is InChI=1S/C10H22O5/c1-7-9(11-3,12-4)15-10(8-2,13-5)14-6/h7-8H2,1-6H3. The Morgan fingerprint density at radius 1 is 0.667 bits per heavy atom. The first-order valence-electron chi connectivity index (χ1n) is 4.98. The second kappa shape index (κ2) is 6.40. The van der Waals surface area contributed by atoms with Gasteiger partial charge >= 0.3 is 0 Å². The minimum absolute atomic E-state index is 0.522. The highest BCUT2D eigenvalue weighted by Gasteiger charge is 2.41. The van der Waals surface area contributed by atoms with Crippen LogP contribution in [0.1, 0.15) is 26.7 Å². The van der Waals surface area contributed by atoms with E-state index in [1.807, 2.05) is 13.8 Å². The van der Waals surface area contributed by atoms with E-state index in [4.69, 9.17) is 23.7 Å². The van der Waals surface area contributed by atoms with Crippen LogP contribution < -0.4 is 0 Å². The Bertz CT molecular complexity index is 129. The molecule has 92 valence electrons.